The highest BCUT2D eigenvalue weighted by Gasteiger charge is 2.41. The Labute approximate surface area is 90.2 Å². The summed E-state index contributed by atoms with van der Waals surface area (Å²) >= 11 is 0. The van der Waals surface area contributed by atoms with Gasteiger partial charge in [-0.2, -0.15) is 0 Å². The number of hydrogen-bond acceptors (Lipinski definition) is 3. The molecule has 0 aromatic heterocycles. The average molecular weight is 213 g/mol. The van der Waals surface area contributed by atoms with Crippen molar-refractivity contribution < 1.29 is 14.6 Å². The van der Waals surface area contributed by atoms with Gasteiger partial charge < -0.3 is 9.84 Å². The Bertz CT molecular complexity index is 246. The minimum absolute atomic E-state index is 0.243. The van der Waals surface area contributed by atoms with Crippen LogP contribution in [0.15, 0.2) is 0 Å². The standard InChI is InChI=1S/C11H19NO3/c1-7-5-9(6-8(2)15-7)12-4-3-10(12)11(13)14/h7-10H,3-6H2,1-2H3,(H,13,14). The second-order valence-electron chi connectivity index (χ2n) is 4.76. The van der Waals surface area contributed by atoms with Gasteiger partial charge in [0.1, 0.15) is 6.04 Å². The van der Waals surface area contributed by atoms with E-state index >= 15 is 0 Å². The molecule has 2 heterocycles. The summed E-state index contributed by atoms with van der Waals surface area (Å²) in [5.74, 6) is -0.673. The number of ether oxygens (including phenoxy) is 1. The van der Waals surface area contributed by atoms with Crippen molar-refractivity contribution in [1.82, 2.24) is 4.90 Å². The van der Waals surface area contributed by atoms with E-state index in [1.807, 2.05) is 0 Å². The predicted octanol–water partition coefficient (Wildman–Crippen LogP) is 1.10. The predicted molar refractivity (Wildman–Crippen MR) is 55.8 cm³/mol. The molecule has 0 spiro atoms. The quantitative estimate of drug-likeness (QED) is 0.746. The van der Waals surface area contributed by atoms with Crippen molar-refractivity contribution in [2.75, 3.05) is 6.54 Å². The topological polar surface area (TPSA) is 49.8 Å². The molecule has 2 fully saturated rings. The maximum Gasteiger partial charge on any atom is 0.320 e. The molecule has 3 unspecified atom stereocenters. The molecule has 2 aliphatic heterocycles. The van der Waals surface area contributed by atoms with Crippen molar-refractivity contribution in [3.05, 3.63) is 0 Å². The van der Waals surface area contributed by atoms with E-state index in [4.69, 9.17) is 9.84 Å². The molecular weight excluding hydrogens is 194 g/mol. The van der Waals surface area contributed by atoms with Crippen LogP contribution >= 0.6 is 0 Å². The van der Waals surface area contributed by atoms with E-state index in [2.05, 4.69) is 18.7 Å². The van der Waals surface area contributed by atoms with E-state index in [1.54, 1.807) is 0 Å². The summed E-state index contributed by atoms with van der Waals surface area (Å²) < 4.78 is 5.66. The zero-order valence-electron chi connectivity index (χ0n) is 9.35. The lowest BCUT2D eigenvalue weighted by Crippen LogP contribution is -2.59. The van der Waals surface area contributed by atoms with E-state index in [-0.39, 0.29) is 18.2 Å². The molecule has 0 radical (unpaired) electrons. The molecule has 2 saturated heterocycles. The first-order chi connectivity index (χ1) is 7.08. The third-order valence-corrected chi connectivity index (χ3v) is 3.49. The molecule has 3 atom stereocenters. The van der Waals surface area contributed by atoms with Crippen molar-refractivity contribution >= 4 is 5.97 Å². The number of likely N-dealkylation sites (tertiary alicyclic amines) is 1. The molecule has 86 valence electrons. The van der Waals surface area contributed by atoms with E-state index in [0.717, 1.165) is 25.8 Å². The minimum Gasteiger partial charge on any atom is -0.480 e. The average Bonchev–Trinajstić information content (AvgIpc) is 1.97. The Morgan fingerprint density at radius 1 is 1.33 bits per heavy atom. The number of carboxylic acids is 1. The Hall–Kier alpha value is -0.610. The van der Waals surface area contributed by atoms with Crippen molar-refractivity contribution in [3.63, 3.8) is 0 Å². The van der Waals surface area contributed by atoms with Gasteiger partial charge in [-0.15, -0.1) is 0 Å². The fraction of sp³-hybridized carbons (Fsp3) is 0.909. The molecule has 2 rings (SSSR count). The van der Waals surface area contributed by atoms with Crippen LogP contribution in [0.25, 0.3) is 0 Å². The largest absolute Gasteiger partial charge is 0.480 e. The summed E-state index contributed by atoms with van der Waals surface area (Å²) in [6, 6.07) is 0.158. The van der Waals surface area contributed by atoms with Crippen LogP contribution in [0.5, 0.6) is 0 Å². The zero-order chi connectivity index (χ0) is 11.0. The van der Waals surface area contributed by atoms with Crippen molar-refractivity contribution in [1.29, 1.82) is 0 Å². The molecule has 1 N–H and O–H groups in total. The van der Waals surface area contributed by atoms with Crippen molar-refractivity contribution in [2.45, 2.75) is 57.4 Å². The van der Waals surface area contributed by atoms with E-state index in [9.17, 15) is 4.79 Å². The van der Waals surface area contributed by atoms with Crippen LogP contribution in [0, 0.1) is 0 Å². The van der Waals surface area contributed by atoms with Crippen LogP contribution in [0.1, 0.15) is 33.1 Å². The SMILES string of the molecule is CC1CC(N2CCC2C(=O)O)CC(C)O1. The molecular formula is C11H19NO3. The number of carbonyl (C=O) groups is 1. The highest BCUT2D eigenvalue weighted by Crippen LogP contribution is 2.30. The van der Waals surface area contributed by atoms with Gasteiger partial charge >= 0.3 is 5.97 Å². The molecule has 2 aliphatic rings. The lowest BCUT2D eigenvalue weighted by molar-refractivity contribution is -0.155. The highest BCUT2D eigenvalue weighted by molar-refractivity contribution is 5.74. The van der Waals surface area contributed by atoms with Crippen molar-refractivity contribution in [3.8, 4) is 0 Å². The first-order valence-electron chi connectivity index (χ1n) is 5.72. The van der Waals surface area contributed by atoms with Crippen molar-refractivity contribution in [2.24, 2.45) is 0 Å². The van der Waals surface area contributed by atoms with E-state index in [0.29, 0.717) is 6.04 Å². The Morgan fingerprint density at radius 2 is 1.93 bits per heavy atom. The number of nitrogens with zero attached hydrogens (tertiary/aromatic N) is 1. The Morgan fingerprint density at radius 3 is 2.33 bits per heavy atom. The summed E-state index contributed by atoms with van der Waals surface area (Å²) in [5, 5.41) is 8.99. The first-order valence-corrected chi connectivity index (χ1v) is 5.72. The fourth-order valence-corrected chi connectivity index (χ4v) is 2.75. The molecule has 15 heavy (non-hydrogen) atoms. The lowest BCUT2D eigenvalue weighted by atomic mass is 9.91. The second-order valence-corrected chi connectivity index (χ2v) is 4.76. The minimum atomic E-state index is -0.673. The van der Waals surface area contributed by atoms with Crippen LogP contribution in [-0.2, 0) is 9.53 Å². The van der Waals surface area contributed by atoms with Gasteiger partial charge in [-0.25, -0.2) is 0 Å². The maximum absolute atomic E-state index is 10.9. The summed E-state index contributed by atoms with van der Waals surface area (Å²) in [6.07, 6.45) is 3.25. The first kappa shape index (κ1) is 10.9. The Balaban J connectivity index is 1.95. The van der Waals surface area contributed by atoms with E-state index < -0.39 is 5.97 Å². The molecule has 0 aromatic rings. The zero-order valence-corrected chi connectivity index (χ0v) is 9.35. The lowest BCUT2D eigenvalue weighted by Gasteiger charge is -2.47. The van der Waals surface area contributed by atoms with Gasteiger partial charge in [0.15, 0.2) is 0 Å². The van der Waals surface area contributed by atoms with Gasteiger partial charge in [-0.1, -0.05) is 0 Å². The molecule has 4 heteroatoms. The number of carboxylic acid groups (broad SMARTS) is 1. The number of aliphatic carboxylic acids is 1. The summed E-state index contributed by atoms with van der Waals surface area (Å²) in [6.45, 7) is 5.07. The monoisotopic (exact) mass is 213 g/mol. The Kier molecular flexibility index (Phi) is 2.98. The van der Waals surface area contributed by atoms with Gasteiger partial charge in [0.25, 0.3) is 0 Å². The number of rotatable bonds is 2. The summed E-state index contributed by atoms with van der Waals surface area (Å²) in [7, 11) is 0. The van der Waals surface area contributed by atoms with Crippen LogP contribution in [0.2, 0.25) is 0 Å². The van der Waals surface area contributed by atoms with Crippen LogP contribution < -0.4 is 0 Å². The smallest absolute Gasteiger partial charge is 0.320 e. The third-order valence-electron chi connectivity index (χ3n) is 3.49. The highest BCUT2D eigenvalue weighted by atomic mass is 16.5. The maximum atomic E-state index is 10.9. The van der Waals surface area contributed by atoms with E-state index in [1.165, 1.54) is 0 Å². The van der Waals surface area contributed by atoms with Gasteiger partial charge in [0.2, 0.25) is 0 Å². The van der Waals surface area contributed by atoms with Gasteiger partial charge in [-0.3, -0.25) is 9.69 Å². The van der Waals surface area contributed by atoms with Crippen LogP contribution in [0.4, 0.5) is 0 Å². The second kappa shape index (κ2) is 4.10. The third kappa shape index (κ3) is 2.16. The number of hydrogen-bond donors (Lipinski definition) is 1. The normalized spacial score (nSPS) is 42.3. The molecule has 0 aromatic carbocycles. The molecule has 0 bridgehead atoms. The van der Waals surface area contributed by atoms with Gasteiger partial charge in [0.05, 0.1) is 12.2 Å². The van der Waals surface area contributed by atoms with Gasteiger partial charge in [-0.05, 0) is 33.1 Å². The molecule has 0 saturated carbocycles. The molecule has 4 nitrogen and oxygen atoms in total. The summed E-state index contributed by atoms with van der Waals surface area (Å²) in [4.78, 5) is 13.0. The van der Waals surface area contributed by atoms with Crippen LogP contribution in [-0.4, -0.2) is 46.8 Å². The molecule has 0 amide bonds. The van der Waals surface area contributed by atoms with Crippen LogP contribution in [0.3, 0.4) is 0 Å². The fourth-order valence-electron chi connectivity index (χ4n) is 2.75. The summed E-state index contributed by atoms with van der Waals surface area (Å²) in [5.41, 5.74) is 0. The molecule has 0 aliphatic carbocycles. The van der Waals surface area contributed by atoms with Gasteiger partial charge in [0, 0.05) is 12.6 Å².